The van der Waals surface area contributed by atoms with Gasteiger partial charge in [0.25, 0.3) is 0 Å². The molecule has 7 nitrogen and oxygen atoms in total. The standard InChI is InChI=1S/C8H12N4O3/c9-7(12-14)6-8(11-3-2-10-6)15-5-1-4-13/h2-3,13-14H,1,4-5H2,(H2,9,12). The molecule has 0 fully saturated rings. The van der Waals surface area contributed by atoms with E-state index in [1.807, 2.05) is 0 Å². The first-order valence-electron chi connectivity index (χ1n) is 4.32. The van der Waals surface area contributed by atoms with Gasteiger partial charge in [-0.05, 0) is 0 Å². The van der Waals surface area contributed by atoms with Crippen LogP contribution < -0.4 is 10.5 Å². The van der Waals surface area contributed by atoms with Crippen molar-refractivity contribution >= 4 is 5.84 Å². The van der Waals surface area contributed by atoms with Gasteiger partial charge in [-0.25, -0.2) is 9.97 Å². The largest absolute Gasteiger partial charge is 0.476 e. The lowest BCUT2D eigenvalue weighted by atomic mass is 10.4. The summed E-state index contributed by atoms with van der Waals surface area (Å²) in [5.41, 5.74) is 5.55. The predicted octanol–water partition coefficient (Wildman–Crippen LogP) is -0.668. The Balaban J connectivity index is 2.77. The summed E-state index contributed by atoms with van der Waals surface area (Å²) in [7, 11) is 0. The zero-order chi connectivity index (χ0) is 11.1. The summed E-state index contributed by atoms with van der Waals surface area (Å²) in [5, 5.41) is 19.9. The van der Waals surface area contributed by atoms with Gasteiger partial charge in [0, 0.05) is 25.4 Å². The number of aromatic nitrogens is 2. The first kappa shape index (κ1) is 11.2. The van der Waals surface area contributed by atoms with Crippen molar-refractivity contribution in [2.75, 3.05) is 13.2 Å². The third-order valence-corrected chi connectivity index (χ3v) is 1.56. The lowest BCUT2D eigenvalue weighted by Gasteiger charge is -2.06. The van der Waals surface area contributed by atoms with Crippen molar-refractivity contribution in [2.45, 2.75) is 6.42 Å². The summed E-state index contributed by atoms with van der Waals surface area (Å²) >= 11 is 0. The van der Waals surface area contributed by atoms with Crippen molar-refractivity contribution in [3.63, 3.8) is 0 Å². The van der Waals surface area contributed by atoms with E-state index in [1.165, 1.54) is 12.4 Å². The normalized spacial score (nSPS) is 11.4. The Kier molecular flexibility index (Phi) is 4.30. The molecular formula is C8H12N4O3. The number of rotatable bonds is 5. The van der Waals surface area contributed by atoms with E-state index < -0.39 is 0 Å². The minimum absolute atomic E-state index is 0.0270. The minimum atomic E-state index is -0.165. The summed E-state index contributed by atoms with van der Waals surface area (Å²) in [4.78, 5) is 7.74. The summed E-state index contributed by atoms with van der Waals surface area (Å²) < 4.78 is 5.19. The lowest BCUT2D eigenvalue weighted by Crippen LogP contribution is -2.17. The molecule has 0 aromatic carbocycles. The second kappa shape index (κ2) is 5.76. The molecule has 0 aliphatic heterocycles. The predicted molar refractivity (Wildman–Crippen MR) is 51.7 cm³/mol. The van der Waals surface area contributed by atoms with E-state index in [2.05, 4.69) is 15.1 Å². The molecule has 0 unspecified atom stereocenters. The van der Waals surface area contributed by atoms with Crippen LogP contribution in [0.4, 0.5) is 0 Å². The highest BCUT2D eigenvalue weighted by Crippen LogP contribution is 2.10. The molecular weight excluding hydrogens is 200 g/mol. The maximum atomic E-state index is 8.56. The summed E-state index contributed by atoms with van der Waals surface area (Å²) in [6.45, 7) is 0.320. The number of ether oxygens (including phenoxy) is 1. The quantitative estimate of drug-likeness (QED) is 0.196. The van der Waals surface area contributed by atoms with Crippen molar-refractivity contribution in [1.29, 1.82) is 0 Å². The molecule has 0 saturated heterocycles. The maximum Gasteiger partial charge on any atom is 0.243 e. The van der Waals surface area contributed by atoms with Crippen molar-refractivity contribution in [3.05, 3.63) is 18.1 Å². The number of aliphatic hydroxyl groups excluding tert-OH is 1. The number of aliphatic hydroxyl groups is 1. The van der Waals surface area contributed by atoms with Gasteiger partial charge in [-0.1, -0.05) is 5.16 Å². The number of oxime groups is 1. The van der Waals surface area contributed by atoms with Gasteiger partial charge in [-0.2, -0.15) is 0 Å². The lowest BCUT2D eigenvalue weighted by molar-refractivity contribution is 0.228. The maximum absolute atomic E-state index is 8.56. The molecule has 1 aromatic heterocycles. The Bertz CT molecular complexity index is 342. The number of hydrogen-bond donors (Lipinski definition) is 3. The Morgan fingerprint density at radius 3 is 2.87 bits per heavy atom. The van der Waals surface area contributed by atoms with Crippen LogP contribution in [0.3, 0.4) is 0 Å². The molecule has 7 heteroatoms. The fourth-order valence-corrected chi connectivity index (χ4v) is 0.887. The van der Waals surface area contributed by atoms with Crippen molar-refractivity contribution < 1.29 is 15.1 Å². The third kappa shape index (κ3) is 3.06. The van der Waals surface area contributed by atoms with Crippen molar-refractivity contribution in [3.8, 4) is 5.88 Å². The zero-order valence-corrected chi connectivity index (χ0v) is 8.00. The van der Waals surface area contributed by atoms with Crippen LogP contribution >= 0.6 is 0 Å². The van der Waals surface area contributed by atoms with Gasteiger partial charge >= 0.3 is 0 Å². The van der Waals surface area contributed by atoms with Crippen LogP contribution in [-0.4, -0.2) is 39.3 Å². The monoisotopic (exact) mass is 212 g/mol. The smallest absolute Gasteiger partial charge is 0.243 e. The van der Waals surface area contributed by atoms with Gasteiger partial charge in [0.15, 0.2) is 11.5 Å². The van der Waals surface area contributed by atoms with Crippen LogP contribution in [0.2, 0.25) is 0 Å². The molecule has 1 heterocycles. The highest BCUT2D eigenvalue weighted by Gasteiger charge is 2.10. The first-order valence-corrected chi connectivity index (χ1v) is 4.32. The van der Waals surface area contributed by atoms with Gasteiger partial charge in [0.05, 0.1) is 6.61 Å². The number of hydrogen-bond acceptors (Lipinski definition) is 6. The van der Waals surface area contributed by atoms with Gasteiger partial charge < -0.3 is 20.8 Å². The van der Waals surface area contributed by atoms with Gasteiger partial charge in [-0.3, -0.25) is 0 Å². The molecule has 0 radical (unpaired) electrons. The molecule has 1 aromatic rings. The van der Waals surface area contributed by atoms with Crippen molar-refractivity contribution in [2.24, 2.45) is 10.9 Å². The van der Waals surface area contributed by atoms with Crippen LogP contribution in [0.25, 0.3) is 0 Å². The van der Waals surface area contributed by atoms with Gasteiger partial charge in [0.2, 0.25) is 5.88 Å². The average Bonchev–Trinajstić information content (AvgIpc) is 2.29. The molecule has 15 heavy (non-hydrogen) atoms. The van der Waals surface area contributed by atoms with Crippen LogP contribution in [-0.2, 0) is 0 Å². The number of nitrogens with two attached hydrogens (primary N) is 1. The first-order chi connectivity index (χ1) is 7.29. The Hall–Kier alpha value is -1.89. The molecule has 0 amide bonds. The third-order valence-electron chi connectivity index (χ3n) is 1.56. The van der Waals surface area contributed by atoms with Crippen molar-refractivity contribution in [1.82, 2.24) is 9.97 Å². The highest BCUT2D eigenvalue weighted by atomic mass is 16.5. The van der Waals surface area contributed by atoms with E-state index in [-0.39, 0.29) is 24.0 Å². The zero-order valence-electron chi connectivity index (χ0n) is 8.00. The van der Waals surface area contributed by atoms with Crippen LogP contribution in [0.15, 0.2) is 17.5 Å². The van der Waals surface area contributed by atoms with E-state index in [4.69, 9.17) is 20.8 Å². The molecule has 0 bridgehead atoms. The Morgan fingerprint density at radius 1 is 1.47 bits per heavy atom. The fraction of sp³-hybridized carbons (Fsp3) is 0.375. The Labute approximate surface area is 86.2 Å². The van der Waals surface area contributed by atoms with Gasteiger partial charge in [0.1, 0.15) is 0 Å². The molecule has 1 rings (SSSR count). The summed E-state index contributed by atoms with van der Waals surface area (Å²) in [6, 6.07) is 0. The fourth-order valence-electron chi connectivity index (χ4n) is 0.887. The van der Waals surface area contributed by atoms with E-state index >= 15 is 0 Å². The van der Waals surface area contributed by atoms with E-state index in [1.54, 1.807) is 0 Å². The van der Waals surface area contributed by atoms with Crippen LogP contribution in [0.1, 0.15) is 12.1 Å². The van der Waals surface area contributed by atoms with E-state index in [0.717, 1.165) is 0 Å². The summed E-state index contributed by atoms with van der Waals surface area (Å²) in [5.74, 6) is 0.0170. The highest BCUT2D eigenvalue weighted by molar-refractivity contribution is 5.97. The molecule has 0 atom stereocenters. The second-order valence-corrected chi connectivity index (χ2v) is 2.62. The average molecular weight is 212 g/mol. The Morgan fingerprint density at radius 2 is 2.20 bits per heavy atom. The molecule has 82 valence electrons. The van der Waals surface area contributed by atoms with Crippen LogP contribution in [0.5, 0.6) is 5.88 Å². The van der Waals surface area contributed by atoms with E-state index in [9.17, 15) is 0 Å². The van der Waals surface area contributed by atoms with E-state index in [0.29, 0.717) is 13.0 Å². The molecule has 0 aliphatic carbocycles. The SMILES string of the molecule is NC(=NO)c1nccnc1OCCCO. The molecule has 0 spiro atoms. The van der Waals surface area contributed by atoms with Crippen LogP contribution in [0, 0.1) is 0 Å². The second-order valence-electron chi connectivity index (χ2n) is 2.62. The molecule has 0 aliphatic rings. The number of amidine groups is 1. The topological polar surface area (TPSA) is 114 Å². The molecule has 0 saturated carbocycles. The number of nitrogens with zero attached hydrogens (tertiary/aromatic N) is 3. The minimum Gasteiger partial charge on any atom is -0.476 e. The summed E-state index contributed by atoms with van der Waals surface area (Å²) in [6.07, 6.45) is 3.32. The molecule has 4 N–H and O–H groups in total. The van der Waals surface area contributed by atoms with Gasteiger partial charge in [-0.15, -0.1) is 0 Å².